The lowest BCUT2D eigenvalue weighted by Crippen LogP contribution is -1.97. The van der Waals surface area contributed by atoms with Gasteiger partial charge < -0.3 is 5.32 Å². The van der Waals surface area contributed by atoms with Gasteiger partial charge in [0.15, 0.2) is 11.5 Å². The maximum absolute atomic E-state index is 14.4. The molecule has 0 fully saturated rings. The fourth-order valence-corrected chi connectivity index (χ4v) is 3.00. The standard InChI is InChI=1S/C15H10ClFN6O.C2H6/c1-7-14(17)13(16)12(8-4-19-21-15(7)8)9-2-3-11-20-10(18-6-24)5-23(11)22-9;1-2/h2-6H,1H3,(H,18,24)(H,19,21);1-2H3. The van der Waals surface area contributed by atoms with Crippen LogP contribution in [-0.2, 0) is 4.79 Å². The number of halogens is 2. The van der Waals surface area contributed by atoms with Crippen LogP contribution in [-0.4, -0.2) is 31.2 Å². The number of aryl methyl sites for hydroxylation is 1. The third-order valence-electron chi connectivity index (χ3n) is 3.81. The monoisotopic (exact) mass is 374 g/mol. The van der Waals surface area contributed by atoms with E-state index in [4.69, 9.17) is 11.6 Å². The molecule has 0 bridgehead atoms. The van der Waals surface area contributed by atoms with Crippen LogP contribution >= 0.6 is 11.6 Å². The Hall–Kier alpha value is -3.00. The molecule has 0 unspecified atom stereocenters. The van der Waals surface area contributed by atoms with Crippen LogP contribution in [0.3, 0.4) is 0 Å². The van der Waals surface area contributed by atoms with Crippen LogP contribution in [0.25, 0.3) is 27.8 Å². The summed E-state index contributed by atoms with van der Waals surface area (Å²) < 4.78 is 15.9. The number of aromatic amines is 1. The molecule has 1 aromatic carbocycles. The maximum atomic E-state index is 14.4. The first-order valence-corrected chi connectivity index (χ1v) is 8.35. The highest BCUT2D eigenvalue weighted by Gasteiger charge is 2.20. The molecule has 0 saturated heterocycles. The third kappa shape index (κ3) is 2.78. The number of fused-ring (bicyclic) bond motifs is 2. The number of rotatable bonds is 3. The van der Waals surface area contributed by atoms with Crippen molar-refractivity contribution in [1.29, 1.82) is 0 Å². The van der Waals surface area contributed by atoms with Gasteiger partial charge in [0.1, 0.15) is 5.82 Å². The molecule has 7 nitrogen and oxygen atoms in total. The molecule has 4 aromatic rings. The average molecular weight is 375 g/mol. The predicted octanol–water partition coefficient (Wildman–Crippen LogP) is 3.97. The lowest BCUT2D eigenvalue weighted by molar-refractivity contribution is -0.105. The molecule has 134 valence electrons. The molecule has 0 aliphatic carbocycles. The fourth-order valence-electron chi connectivity index (χ4n) is 2.66. The van der Waals surface area contributed by atoms with E-state index in [-0.39, 0.29) is 5.02 Å². The zero-order valence-corrected chi connectivity index (χ0v) is 15.1. The van der Waals surface area contributed by atoms with Gasteiger partial charge in [-0.05, 0) is 19.1 Å². The van der Waals surface area contributed by atoms with Gasteiger partial charge in [0.2, 0.25) is 6.41 Å². The Morgan fingerprint density at radius 2 is 2.12 bits per heavy atom. The van der Waals surface area contributed by atoms with E-state index in [1.165, 1.54) is 4.52 Å². The van der Waals surface area contributed by atoms with E-state index in [0.717, 1.165) is 0 Å². The summed E-state index contributed by atoms with van der Waals surface area (Å²) in [7, 11) is 0. The van der Waals surface area contributed by atoms with Gasteiger partial charge in [-0.15, -0.1) is 0 Å². The summed E-state index contributed by atoms with van der Waals surface area (Å²) in [6.45, 7) is 5.63. The number of carbonyl (C=O) groups is 1. The van der Waals surface area contributed by atoms with E-state index < -0.39 is 5.82 Å². The number of amides is 1. The normalized spacial score (nSPS) is 10.7. The van der Waals surface area contributed by atoms with E-state index >= 15 is 0 Å². The van der Waals surface area contributed by atoms with Crippen molar-refractivity contribution in [3.63, 3.8) is 0 Å². The highest BCUT2D eigenvalue weighted by molar-refractivity contribution is 6.35. The summed E-state index contributed by atoms with van der Waals surface area (Å²) >= 11 is 6.23. The highest BCUT2D eigenvalue weighted by atomic mass is 35.5. The summed E-state index contributed by atoms with van der Waals surface area (Å²) in [6.07, 6.45) is 3.67. The molecule has 0 aliphatic rings. The second-order valence-electron chi connectivity index (χ2n) is 5.20. The van der Waals surface area contributed by atoms with Crippen molar-refractivity contribution < 1.29 is 9.18 Å². The van der Waals surface area contributed by atoms with Gasteiger partial charge in [-0.3, -0.25) is 9.89 Å². The van der Waals surface area contributed by atoms with Crippen LogP contribution in [0.5, 0.6) is 0 Å². The van der Waals surface area contributed by atoms with E-state index in [9.17, 15) is 9.18 Å². The molecule has 4 rings (SSSR count). The Kier molecular flexibility index (Phi) is 4.85. The topological polar surface area (TPSA) is 88.0 Å². The number of benzene rings is 1. The molecule has 0 spiro atoms. The van der Waals surface area contributed by atoms with Gasteiger partial charge >= 0.3 is 0 Å². The number of nitrogens with one attached hydrogen (secondary N) is 2. The van der Waals surface area contributed by atoms with Crippen molar-refractivity contribution in [2.45, 2.75) is 20.8 Å². The van der Waals surface area contributed by atoms with Gasteiger partial charge in [-0.2, -0.15) is 10.2 Å². The van der Waals surface area contributed by atoms with Gasteiger partial charge in [0, 0.05) is 16.5 Å². The van der Waals surface area contributed by atoms with E-state index in [2.05, 4.69) is 25.6 Å². The first-order chi connectivity index (χ1) is 12.6. The van der Waals surface area contributed by atoms with Gasteiger partial charge in [0.05, 0.1) is 28.6 Å². The zero-order valence-electron chi connectivity index (χ0n) is 14.3. The second kappa shape index (κ2) is 7.09. The minimum absolute atomic E-state index is 0.0143. The fraction of sp³-hybridized carbons (Fsp3) is 0.176. The van der Waals surface area contributed by atoms with E-state index in [1.54, 1.807) is 31.5 Å². The molecule has 3 aromatic heterocycles. The molecular weight excluding hydrogens is 359 g/mol. The molecule has 0 aliphatic heterocycles. The van der Waals surface area contributed by atoms with Crippen LogP contribution < -0.4 is 5.32 Å². The molecule has 26 heavy (non-hydrogen) atoms. The molecule has 0 radical (unpaired) electrons. The van der Waals surface area contributed by atoms with Crippen molar-refractivity contribution in [2.75, 3.05) is 5.32 Å². The number of H-pyrrole nitrogens is 1. The average Bonchev–Trinajstić information content (AvgIpc) is 3.28. The lowest BCUT2D eigenvalue weighted by Gasteiger charge is -2.09. The maximum Gasteiger partial charge on any atom is 0.212 e. The van der Waals surface area contributed by atoms with Crippen LogP contribution in [0, 0.1) is 12.7 Å². The van der Waals surface area contributed by atoms with Crippen molar-refractivity contribution >= 4 is 40.4 Å². The summed E-state index contributed by atoms with van der Waals surface area (Å²) in [4.78, 5) is 14.7. The SMILES string of the molecule is CC.Cc1c(F)c(Cl)c(-c2ccc3nc(NC=O)cn3n2)c2cn[nH]c12. The molecule has 1 amide bonds. The Balaban J connectivity index is 0.000000948. The van der Waals surface area contributed by atoms with Crippen LogP contribution in [0.2, 0.25) is 5.02 Å². The number of aromatic nitrogens is 5. The van der Waals surface area contributed by atoms with E-state index in [0.29, 0.717) is 45.6 Å². The minimum Gasteiger partial charge on any atom is -0.312 e. The molecule has 0 saturated carbocycles. The molecule has 0 atom stereocenters. The molecule has 9 heteroatoms. The van der Waals surface area contributed by atoms with E-state index in [1.807, 2.05) is 13.8 Å². The number of hydrogen-bond acceptors (Lipinski definition) is 4. The second-order valence-corrected chi connectivity index (χ2v) is 5.57. The van der Waals surface area contributed by atoms with Gasteiger partial charge in [0.25, 0.3) is 0 Å². The van der Waals surface area contributed by atoms with Crippen molar-refractivity contribution in [1.82, 2.24) is 24.8 Å². The largest absolute Gasteiger partial charge is 0.312 e. The number of hydrogen-bond donors (Lipinski definition) is 2. The first kappa shape index (κ1) is 17.8. The molecule has 3 heterocycles. The minimum atomic E-state index is -0.515. The van der Waals surface area contributed by atoms with Crippen molar-refractivity contribution in [3.8, 4) is 11.3 Å². The number of anilines is 1. The van der Waals surface area contributed by atoms with Crippen molar-refractivity contribution in [3.05, 3.63) is 40.9 Å². The lowest BCUT2D eigenvalue weighted by atomic mass is 10.0. The van der Waals surface area contributed by atoms with Crippen molar-refractivity contribution in [2.24, 2.45) is 0 Å². The third-order valence-corrected chi connectivity index (χ3v) is 4.16. The highest BCUT2D eigenvalue weighted by Crippen LogP contribution is 2.37. The summed E-state index contributed by atoms with van der Waals surface area (Å²) in [5.41, 5.74) is 2.42. The van der Waals surface area contributed by atoms with Crippen LogP contribution in [0.15, 0.2) is 24.5 Å². The Labute approximate surface area is 153 Å². The summed E-state index contributed by atoms with van der Waals surface area (Å²) in [6, 6.07) is 3.40. The Morgan fingerprint density at radius 1 is 1.35 bits per heavy atom. The first-order valence-electron chi connectivity index (χ1n) is 7.97. The number of carbonyl (C=O) groups excluding carboxylic acids is 1. The quantitative estimate of drug-likeness (QED) is 0.531. The Bertz CT molecular complexity index is 1100. The van der Waals surface area contributed by atoms with Crippen LogP contribution in [0.1, 0.15) is 19.4 Å². The molecule has 2 N–H and O–H groups in total. The summed E-state index contributed by atoms with van der Waals surface area (Å²) in [5, 5.41) is 14.3. The van der Waals surface area contributed by atoms with Crippen LogP contribution in [0.4, 0.5) is 10.2 Å². The van der Waals surface area contributed by atoms with Gasteiger partial charge in [-0.1, -0.05) is 25.4 Å². The number of imidazole rings is 1. The predicted molar refractivity (Wildman–Crippen MR) is 98.8 cm³/mol. The zero-order chi connectivity index (χ0) is 18.8. The van der Waals surface area contributed by atoms with Gasteiger partial charge in [-0.25, -0.2) is 13.9 Å². The smallest absolute Gasteiger partial charge is 0.212 e. The Morgan fingerprint density at radius 3 is 2.85 bits per heavy atom. The molecular formula is C17H16ClFN6O. The number of nitrogens with zero attached hydrogens (tertiary/aromatic N) is 4. The summed E-state index contributed by atoms with van der Waals surface area (Å²) in [5.74, 6) is -0.149.